The number of esters is 1. The van der Waals surface area contributed by atoms with Gasteiger partial charge in [-0.05, 0) is 51.1 Å². The number of carbonyl (C=O) groups excluding carboxylic acids is 1. The Balaban J connectivity index is 2.24. The van der Waals surface area contributed by atoms with Crippen molar-refractivity contribution in [2.75, 3.05) is 17.7 Å². The van der Waals surface area contributed by atoms with Crippen molar-refractivity contribution < 1.29 is 13.9 Å². The van der Waals surface area contributed by atoms with Gasteiger partial charge in [0.15, 0.2) is 0 Å². The fourth-order valence-electron chi connectivity index (χ4n) is 2.06. The average molecular weight is 288 g/mol. The Morgan fingerprint density at radius 1 is 1.38 bits per heavy atom. The van der Waals surface area contributed by atoms with E-state index in [1.807, 2.05) is 26.0 Å². The Kier molecular flexibility index (Phi) is 4.52. The second kappa shape index (κ2) is 6.35. The van der Waals surface area contributed by atoms with E-state index in [9.17, 15) is 4.79 Å². The highest BCUT2D eigenvalue weighted by molar-refractivity contribution is 5.96. The number of aryl methyl sites for hydroxylation is 1. The maximum Gasteiger partial charge on any atom is 0.340 e. The molecule has 0 saturated heterocycles. The molecule has 2 aromatic rings. The van der Waals surface area contributed by atoms with Crippen molar-refractivity contribution in [3.63, 3.8) is 0 Å². The zero-order valence-corrected chi connectivity index (χ0v) is 12.5. The van der Waals surface area contributed by atoms with Crippen LogP contribution in [0.3, 0.4) is 0 Å². The van der Waals surface area contributed by atoms with Crippen LogP contribution in [0, 0.1) is 6.92 Å². The number of benzene rings is 1. The summed E-state index contributed by atoms with van der Waals surface area (Å²) in [6.45, 7) is 5.94. The maximum absolute atomic E-state index is 12.0. The van der Waals surface area contributed by atoms with Gasteiger partial charge in [-0.2, -0.15) is 0 Å². The second-order valence-electron chi connectivity index (χ2n) is 4.84. The van der Waals surface area contributed by atoms with E-state index in [0.29, 0.717) is 23.5 Å². The van der Waals surface area contributed by atoms with Crippen LogP contribution in [0.15, 0.2) is 34.7 Å². The minimum absolute atomic E-state index is 0.0736. The van der Waals surface area contributed by atoms with Crippen LogP contribution in [0.25, 0.3) is 0 Å². The molecule has 3 N–H and O–H groups in total. The quantitative estimate of drug-likeness (QED) is 0.650. The molecule has 0 bridgehead atoms. The second-order valence-corrected chi connectivity index (χ2v) is 4.84. The monoisotopic (exact) mass is 288 g/mol. The zero-order valence-electron chi connectivity index (χ0n) is 12.5. The third kappa shape index (κ3) is 3.56. The van der Waals surface area contributed by atoms with Gasteiger partial charge in [0, 0.05) is 11.4 Å². The molecule has 0 aliphatic carbocycles. The van der Waals surface area contributed by atoms with Crippen molar-refractivity contribution >= 4 is 17.3 Å². The van der Waals surface area contributed by atoms with Crippen LogP contribution in [0.2, 0.25) is 0 Å². The van der Waals surface area contributed by atoms with Gasteiger partial charge in [-0.25, -0.2) is 4.79 Å². The largest absolute Gasteiger partial charge is 0.464 e. The number of nitrogens with one attached hydrogen (secondary N) is 1. The summed E-state index contributed by atoms with van der Waals surface area (Å²) in [5.74, 6) is 1.26. The van der Waals surface area contributed by atoms with Crippen LogP contribution < -0.4 is 11.1 Å². The summed E-state index contributed by atoms with van der Waals surface area (Å²) in [6.07, 6.45) is 0. The number of rotatable bonds is 5. The topological polar surface area (TPSA) is 77.5 Å². The fourth-order valence-corrected chi connectivity index (χ4v) is 2.06. The molecule has 0 radical (unpaired) electrons. The highest BCUT2D eigenvalue weighted by Gasteiger charge is 2.16. The van der Waals surface area contributed by atoms with Gasteiger partial charge in [-0.1, -0.05) is 0 Å². The summed E-state index contributed by atoms with van der Waals surface area (Å²) in [4.78, 5) is 12.0. The third-order valence-electron chi connectivity index (χ3n) is 3.10. The van der Waals surface area contributed by atoms with E-state index >= 15 is 0 Å². The van der Waals surface area contributed by atoms with Crippen LogP contribution in [-0.4, -0.2) is 12.6 Å². The Bertz CT molecular complexity index is 634. The molecular weight excluding hydrogens is 268 g/mol. The Morgan fingerprint density at radius 3 is 2.76 bits per heavy atom. The molecule has 0 fully saturated rings. The summed E-state index contributed by atoms with van der Waals surface area (Å²) in [7, 11) is 0. The fraction of sp³-hybridized carbons (Fsp3) is 0.312. The molecule has 0 amide bonds. The zero-order chi connectivity index (χ0) is 15.4. The number of hydrogen-bond donors (Lipinski definition) is 2. The number of anilines is 2. The van der Waals surface area contributed by atoms with Crippen molar-refractivity contribution in [2.45, 2.75) is 26.8 Å². The molecular formula is C16H20N2O3. The number of furan rings is 1. The van der Waals surface area contributed by atoms with Gasteiger partial charge in [0.1, 0.15) is 11.5 Å². The van der Waals surface area contributed by atoms with E-state index in [1.165, 1.54) is 0 Å². The Labute approximate surface area is 124 Å². The lowest BCUT2D eigenvalue weighted by atomic mass is 10.1. The van der Waals surface area contributed by atoms with Gasteiger partial charge >= 0.3 is 5.97 Å². The van der Waals surface area contributed by atoms with Gasteiger partial charge in [-0.15, -0.1) is 0 Å². The molecule has 2 rings (SSSR count). The first kappa shape index (κ1) is 15.0. The highest BCUT2D eigenvalue weighted by Crippen LogP contribution is 2.26. The number of ether oxygens (including phenoxy) is 1. The van der Waals surface area contributed by atoms with Gasteiger partial charge in [0.25, 0.3) is 0 Å². The molecule has 1 aromatic carbocycles. The van der Waals surface area contributed by atoms with Gasteiger partial charge < -0.3 is 20.2 Å². The van der Waals surface area contributed by atoms with Crippen LogP contribution >= 0.6 is 0 Å². The molecule has 0 aliphatic heterocycles. The van der Waals surface area contributed by atoms with Crippen LogP contribution in [-0.2, 0) is 4.74 Å². The van der Waals surface area contributed by atoms with Crippen molar-refractivity contribution in [3.05, 3.63) is 47.4 Å². The molecule has 1 aromatic heterocycles. The van der Waals surface area contributed by atoms with Crippen molar-refractivity contribution in [2.24, 2.45) is 0 Å². The third-order valence-corrected chi connectivity index (χ3v) is 3.10. The Hall–Kier alpha value is -2.43. The molecule has 21 heavy (non-hydrogen) atoms. The van der Waals surface area contributed by atoms with Crippen LogP contribution in [0.4, 0.5) is 11.4 Å². The van der Waals surface area contributed by atoms with Crippen LogP contribution in [0.5, 0.6) is 0 Å². The first-order valence-corrected chi connectivity index (χ1v) is 6.90. The summed E-state index contributed by atoms with van der Waals surface area (Å²) < 4.78 is 10.6. The van der Waals surface area contributed by atoms with E-state index in [1.54, 1.807) is 25.1 Å². The van der Waals surface area contributed by atoms with Crippen LogP contribution in [0.1, 0.15) is 41.8 Å². The molecule has 1 atom stereocenters. The molecule has 1 heterocycles. The lowest BCUT2D eigenvalue weighted by molar-refractivity contribution is 0.0527. The van der Waals surface area contributed by atoms with E-state index in [-0.39, 0.29) is 6.04 Å². The first-order chi connectivity index (χ1) is 10.0. The van der Waals surface area contributed by atoms with Crippen molar-refractivity contribution in [3.8, 4) is 0 Å². The highest BCUT2D eigenvalue weighted by atomic mass is 16.5. The van der Waals surface area contributed by atoms with Crippen molar-refractivity contribution in [1.82, 2.24) is 0 Å². The molecule has 0 spiro atoms. The summed E-state index contributed by atoms with van der Waals surface area (Å²) in [6, 6.07) is 8.87. The number of hydrogen-bond acceptors (Lipinski definition) is 5. The molecule has 5 heteroatoms. The smallest absolute Gasteiger partial charge is 0.340 e. The molecule has 5 nitrogen and oxygen atoms in total. The van der Waals surface area contributed by atoms with E-state index in [2.05, 4.69) is 5.32 Å². The standard InChI is InChI=1S/C16H20N2O3/c1-4-20-16(19)13-9-12(17)6-7-14(13)18-11(3)15-8-5-10(2)21-15/h5-9,11,18H,4,17H2,1-3H3. The normalized spacial score (nSPS) is 12.0. The first-order valence-electron chi connectivity index (χ1n) is 6.90. The summed E-state index contributed by atoms with van der Waals surface area (Å²) >= 11 is 0. The van der Waals surface area contributed by atoms with Gasteiger partial charge in [-0.3, -0.25) is 0 Å². The minimum atomic E-state index is -0.393. The number of nitrogens with two attached hydrogens (primary N) is 1. The van der Waals surface area contributed by atoms with E-state index in [4.69, 9.17) is 14.9 Å². The predicted octanol–water partition coefficient (Wildman–Crippen LogP) is 3.52. The summed E-state index contributed by atoms with van der Waals surface area (Å²) in [5, 5.41) is 3.26. The lowest BCUT2D eigenvalue weighted by Crippen LogP contribution is -2.12. The van der Waals surface area contributed by atoms with Crippen molar-refractivity contribution in [1.29, 1.82) is 0 Å². The summed E-state index contributed by atoms with van der Waals surface area (Å²) in [5.41, 5.74) is 7.36. The minimum Gasteiger partial charge on any atom is -0.464 e. The lowest BCUT2D eigenvalue weighted by Gasteiger charge is -2.16. The molecule has 112 valence electrons. The van der Waals surface area contributed by atoms with E-state index in [0.717, 1.165) is 11.5 Å². The average Bonchev–Trinajstić information content (AvgIpc) is 2.87. The van der Waals surface area contributed by atoms with E-state index < -0.39 is 5.97 Å². The number of nitrogen functional groups attached to an aromatic ring is 1. The molecule has 0 saturated carbocycles. The van der Waals surface area contributed by atoms with Gasteiger partial charge in [0.2, 0.25) is 0 Å². The van der Waals surface area contributed by atoms with Gasteiger partial charge in [0.05, 0.1) is 18.2 Å². The number of carbonyl (C=O) groups is 1. The molecule has 1 unspecified atom stereocenters. The molecule has 0 aliphatic rings. The SMILES string of the molecule is CCOC(=O)c1cc(N)ccc1NC(C)c1ccc(C)o1. The Morgan fingerprint density at radius 2 is 2.14 bits per heavy atom. The maximum atomic E-state index is 12.0. The predicted molar refractivity (Wildman–Crippen MR) is 82.3 cm³/mol.